The number of nitrogens with two attached hydrogens (primary N) is 1. The van der Waals surface area contributed by atoms with Gasteiger partial charge in [-0.3, -0.25) is 14.7 Å². The van der Waals surface area contributed by atoms with Crippen LogP contribution in [0, 0.1) is 0 Å². The van der Waals surface area contributed by atoms with Gasteiger partial charge in [0, 0.05) is 17.8 Å². The monoisotopic (exact) mass is 290 g/mol. The molecule has 0 aliphatic rings. The highest BCUT2D eigenvalue weighted by molar-refractivity contribution is 6.02. The van der Waals surface area contributed by atoms with Crippen LogP contribution in [0.1, 0.15) is 21.0 Å². The smallest absolute Gasteiger partial charge is 0.293 e. The van der Waals surface area contributed by atoms with Crippen molar-refractivity contribution in [1.29, 1.82) is 0 Å². The number of hydrogen-bond donors (Lipinski definition) is 5. The highest BCUT2D eigenvalue weighted by atomic mass is 16.3. The predicted octanol–water partition coefficient (Wildman–Crippen LogP) is -0.639. The second-order valence-corrected chi connectivity index (χ2v) is 4.05. The van der Waals surface area contributed by atoms with Gasteiger partial charge in [-0.25, -0.2) is 0 Å². The first-order valence-corrected chi connectivity index (χ1v) is 6.08. The number of carbonyl (C=O) groups excluding carboxylic acids is 2. The fourth-order valence-corrected chi connectivity index (χ4v) is 1.54. The summed E-state index contributed by atoms with van der Waals surface area (Å²) in [5.41, 5.74) is 6.22. The summed E-state index contributed by atoms with van der Waals surface area (Å²) in [5, 5.41) is 19.7. The van der Waals surface area contributed by atoms with Gasteiger partial charge >= 0.3 is 0 Å². The molecule has 0 saturated carbocycles. The van der Waals surface area contributed by atoms with E-state index in [0.29, 0.717) is 11.3 Å². The van der Waals surface area contributed by atoms with Gasteiger partial charge in [-0.05, 0) is 24.3 Å². The summed E-state index contributed by atoms with van der Waals surface area (Å²) in [6.07, 6.45) is 0. The number of nitrogens with one attached hydrogen (secondary N) is 3. The number of nitrogens with zero attached hydrogens (tertiary/aromatic N) is 2. The van der Waals surface area contributed by atoms with Crippen molar-refractivity contribution >= 4 is 23.5 Å². The first-order valence-electron chi connectivity index (χ1n) is 6.08. The molecule has 0 fully saturated rings. The summed E-state index contributed by atoms with van der Waals surface area (Å²) >= 11 is 0. The average molecular weight is 290 g/mol. The molecule has 2 rings (SSSR count). The molecule has 6 N–H and O–H groups in total. The molecule has 2 aromatic rings. The van der Waals surface area contributed by atoms with Crippen LogP contribution in [0.15, 0.2) is 24.3 Å². The van der Waals surface area contributed by atoms with E-state index in [-0.39, 0.29) is 30.8 Å². The second-order valence-electron chi connectivity index (χ2n) is 4.05. The average Bonchev–Trinajstić information content (AvgIpc) is 2.92. The Bertz CT molecular complexity index is 637. The topological polar surface area (TPSA) is 146 Å². The Kier molecular flexibility index (Phi) is 4.46. The minimum absolute atomic E-state index is 0.00253. The van der Waals surface area contributed by atoms with Crippen molar-refractivity contribution in [1.82, 2.24) is 20.5 Å². The van der Waals surface area contributed by atoms with Crippen LogP contribution in [0.4, 0.5) is 11.6 Å². The lowest BCUT2D eigenvalue weighted by molar-refractivity contribution is 0.0944. The largest absolute Gasteiger partial charge is 0.395 e. The van der Waals surface area contributed by atoms with Gasteiger partial charge in [-0.1, -0.05) is 0 Å². The molecular weight excluding hydrogens is 276 g/mol. The van der Waals surface area contributed by atoms with Crippen LogP contribution in [0.25, 0.3) is 0 Å². The lowest BCUT2D eigenvalue weighted by Crippen LogP contribution is -2.26. The molecule has 9 heteroatoms. The molecule has 1 heterocycles. The minimum atomic E-state index is -0.489. The van der Waals surface area contributed by atoms with Crippen LogP contribution < -0.4 is 16.4 Å². The number of aromatic nitrogens is 3. The van der Waals surface area contributed by atoms with E-state index in [0.717, 1.165) is 0 Å². The summed E-state index contributed by atoms with van der Waals surface area (Å²) in [4.78, 5) is 27.1. The highest BCUT2D eigenvalue weighted by Gasteiger charge is 2.11. The number of rotatable bonds is 5. The Labute approximate surface area is 119 Å². The predicted molar refractivity (Wildman–Crippen MR) is 74.6 cm³/mol. The maximum atomic E-state index is 11.8. The van der Waals surface area contributed by atoms with Gasteiger partial charge in [0.05, 0.1) is 6.61 Å². The number of aliphatic hydroxyl groups excluding tert-OH is 1. The van der Waals surface area contributed by atoms with E-state index in [1.165, 1.54) is 0 Å². The van der Waals surface area contributed by atoms with E-state index in [4.69, 9.17) is 10.8 Å². The number of anilines is 2. The summed E-state index contributed by atoms with van der Waals surface area (Å²) in [6, 6.07) is 6.26. The zero-order valence-corrected chi connectivity index (χ0v) is 11.0. The van der Waals surface area contributed by atoms with E-state index in [2.05, 4.69) is 25.8 Å². The van der Waals surface area contributed by atoms with E-state index in [9.17, 15) is 9.59 Å². The standard InChI is InChI=1S/C12H14N6O3/c13-12-16-9(17-18-12)11(21)15-8-3-1-7(2-4-8)10(20)14-5-6-19/h1-4,19H,5-6H2,(H,14,20)(H,15,21)(H3,13,16,17,18). The molecule has 0 saturated heterocycles. The van der Waals surface area contributed by atoms with E-state index in [1.807, 2.05) is 0 Å². The van der Waals surface area contributed by atoms with Crippen LogP contribution >= 0.6 is 0 Å². The fourth-order valence-electron chi connectivity index (χ4n) is 1.54. The van der Waals surface area contributed by atoms with Crippen molar-refractivity contribution in [3.05, 3.63) is 35.7 Å². The van der Waals surface area contributed by atoms with Crippen molar-refractivity contribution in [3.63, 3.8) is 0 Å². The molecule has 110 valence electrons. The Morgan fingerprint density at radius 1 is 1.24 bits per heavy atom. The summed E-state index contributed by atoms with van der Waals surface area (Å²) in [7, 11) is 0. The number of nitrogen functional groups attached to an aromatic ring is 1. The van der Waals surface area contributed by atoms with Crippen molar-refractivity contribution in [3.8, 4) is 0 Å². The third-order valence-corrected chi connectivity index (χ3v) is 2.52. The Morgan fingerprint density at radius 2 is 1.95 bits per heavy atom. The van der Waals surface area contributed by atoms with Crippen LogP contribution in [0.3, 0.4) is 0 Å². The first-order chi connectivity index (χ1) is 10.1. The van der Waals surface area contributed by atoms with Gasteiger partial charge in [0.15, 0.2) is 0 Å². The van der Waals surface area contributed by atoms with Crippen LogP contribution in [-0.2, 0) is 0 Å². The molecular formula is C12H14N6O3. The molecule has 0 unspecified atom stereocenters. The maximum absolute atomic E-state index is 11.8. The molecule has 0 bridgehead atoms. The van der Waals surface area contributed by atoms with Crippen molar-refractivity contribution in [2.75, 3.05) is 24.2 Å². The zero-order chi connectivity index (χ0) is 15.2. The number of carbonyl (C=O) groups is 2. The molecule has 0 spiro atoms. The SMILES string of the molecule is Nc1n[nH]c(C(=O)Nc2ccc(C(=O)NCCO)cc2)n1. The van der Waals surface area contributed by atoms with Crippen LogP contribution in [-0.4, -0.2) is 45.3 Å². The molecule has 9 nitrogen and oxygen atoms in total. The third-order valence-electron chi connectivity index (χ3n) is 2.52. The van der Waals surface area contributed by atoms with Gasteiger partial charge in [0.1, 0.15) is 0 Å². The first kappa shape index (κ1) is 14.5. The number of hydrogen-bond acceptors (Lipinski definition) is 6. The highest BCUT2D eigenvalue weighted by Crippen LogP contribution is 2.10. The minimum Gasteiger partial charge on any atom is -0.395 e. The lowest BCUT2D eigenvalue weighted by atomic mass is 10.2. The quantitative estimate of drug-likeness (QED) is 0.495. The van der Waals surface area contributed by atoms with Crippen LogP contribution in [0.2, 0.25) is 0 Å². The number of H-pyrrole nitrogens is 1. The van der Waals surface area contributed by atoms with Gasteiger partial charge in [0.2, 0.25) is 11.8 Å². The molecule has 2 amide bonds. The molecule has 0 aliphatic heterocycles. The van der Waals surface area contributed by atoms with E-state index >= 15 is 0 Å². The van der Waals surface area contributed by atoms with Gasteiger partial charge in [0.25, 0.3) is 11.8 Å². The Morgan fingerprint density at radius 3 is 2.52 bits per heavy atom. The molecule has 1 aromatic heterocycles. The molecule has 1 aromatic carbocycles. The molecule has 0 atom stereocenters. The lowest BCUT2D eigenvalue weighted by Gasteiger charge is -2.05. The third kappa shape index (κ3) is 3.76. The van der Waals surface area contributed by atoms with Crippen LogP contribution in [0.5, 0.6) is 0 Å². The molecule has 0 aliphatic carbocycles. The van der Waals surface area contributed by atoms with E-state index in [1.54, 1.807) is 24.3 Å². The maximum Gasteiger partial charge on any atom is 0.293 e. The molecule has 0 radical (unpaired) electrons. The summed E-state index contributed by atoms with van der Waals surface area (Å²) in [6.45, 7) is 0.0600. The van der Waals surface area contributed by atoms with E-state index < -0.39 is 5.91 Å². The number of aliphatic hydroxyl groups is 1. The normalized spacial score (nSPS) is 10.1. The molecule has 21 heavy (non-hydrogen) atoms. The van der Waals surface area contributed by atoms with Gasteiger partial charge < -0.3 is 21.5 Å². The Balaban J connectivity index is 1.99. The fraction of sp³-hybridized carbons (Fsp3) is 0.167. The number of benzene rings is 1. The summed E-state index contributed by atoms with van der Waals surface area (Å²) in [5.74, 6) is -0.810. The van der Waals surface area contributed by atoms with Gasteiger partial charge in [-0.2, -0.15) is 4.98 Å². The van der Waals surface area contributed by atoms with Crippen molar-refractivity contribution in [2.45, 2.75) is 0 Å². The van der Waals surface area contributed by atoms with Crippen molar-refractivity contribution < 1.29 is 14.7 Å². The van der Waals surface area contributed by atoms with Crippen molar-refractivity contribution in [2.24, 2.45) is 0 Å². The second kappa shape index (κ2) is 6.48. The zero-order valence-electron chi connectivity index (χ0n) is 11.0. The number of amides is 2. The van der Waals surface area contributed by atoms with Gasteiger partial charge in [-0.15, -0.1) is 5.10 Å². The Hall–Kier alpha value is -2.94. The summed E-state index contributed by atoms with van der Waals surface area (Å²) < 4.78 is 0. The number of aromatic amines is 1.